The Labute approximate surface area is 231 Å². The number of hydrogen-bond donors (Lipinski definition) is 0. The van der Waals surface area contributed by atoms with Gasteiger partial charge in [-0.05, 0) is 77.5 Å². The molecule has 1 nitrogen and oxygen atoms in total. The number of fused-ring (bicyclic) bond motifs is 9. The average Bonchev–Trinajstić information content (AvgIpc) is 3.29. The molecule has 2 unspecified atom stereocenters. The van der Waals surface area contributed by atoms with Gasteiger partial charge < -0.3 is 4.74 Å². The van der Waals surface area contributed by atoms with Gasteiger partial charge in [-0.3, -0.25) is 0 Å². The van der Waals surface area contributed by atoms with Gasteiger partial charge in [0.1, 0.15) is 11.5 Å². The zero-order valence-corrected chi connectivity index (χ0v) is 22.4. The summed E-state index contributed by atoms with van der Waals surface area (Å²) in [6.07, 6.45) is 4.90. The van der Waals surface area contributed by atoms with E-state index >= 15 is 0 Å². The van der Waals surface area contributed by atoms with Crippen molar-refractivity contribution in [1.82, 2.24) is 0 Å². The van der Waals surface area contributed by atoms with Gasteiger partial charge in [-0.2, -0.15) is 0 Å². The minimum atomic E-state index is -0.383. The van der Waals surface area contributed by atoms with Crippen molar-refractivity contribution in [3.63, 3.8) is 0 Å². The van der Waals surface area contributed by atoms with Crippen LogP contribution in [0.25, 0.3) is 11.1 Å². The van der Waals surface area contributed by atoms with Gasteiger partial charge >= 0.3 is 0 Å². The van der Waals surface area contributed by atoms with Gasteiger partial charge in [0.2, 0.25) is 0 Å². The van der Waals surface area contributed by atoms with Gasteiger partial charge in [0.15, 0.2) is 0 Å². The maximum Gasteiger partial charge on any atom is 0.135 e. The van der Waals surface area contributed by atoms with Crippen molar-refractivity contribution >= 4 is 0 Å². The van der Waals surface area contributed by atoms with Crippen LogP contribution in [0.2, 0.25) is 0 Å². The van der Waals surface area contributed by atoms with E-state index in [1.54, 1.807) is 0 Å². The van der Waals surface area contributed by atoms with Crippen molar-refractivity contribution in [3.8, 4) is 22.6 Å². The van der Waals surface area contributed by atoms with Crippen molar-refractivity contribution in [2.75, 3.05) is 0 Å². The normalized spacial score (nSPS) is 19.9. The Hall–Kier alpha value is -4.10. The molecule has 2 aliphatic carbocycles. The Morgan fingerprint density at radius 2 is 1.23 bits per heavy atom. The molecule has 1 fully saturated rings. The number of ether oxygens (including phenoxy) is 1. The second kappa shape index (κ2) is 8.71. The molecule has 1 heterocycles. The lowest BCUT2D eigenvalue weighted by molar-refractivity contribution is 0.373. The summed E-state index contributed by atoms with van der Waals surface area (Å²) in [6.45, 7) is 2.27. The lowest BCUT2D eigenvalue weighted by Gasteiger charge is -2.41. The molecule has 0 bridgehead atoms. The third kappa shape index (κ3) is 3.26. The van der Waals surface area contributed by atoms with Gasteiger partial charge in [0.25, 0.3) is 0 Å². The Kier molecular flexibility index (Phi) is 5.10. The predicted octanol–water partition coefficient (Wildman–Crippen LogP) is 9.91. The molecule has 39 heavy (non-hydrogen) atoms. The Morgan fingerprint density at radius 1 is 0.615 bits per heavy atom. The fourth-order valence-corrected chi connectivity index (χ4v) is 7.93. The summed E-state index contributed by atoms with van der Waals surface area (Å²) in [6, 6.07) is 42.7. The molecule has 1 heteroatoms. The van der Waals surface area contributed by atoms with Crippen LogP contribution in [0.1, 0.15) is 76.5 Å². The summed E-state index contributed by atoms with van der Waals surface area (Å²) in [7, 11) is 0. The van der Waals surface area contributed by atoms with Crippen LogP contribution in [0.5, 0.6) is 11.5 Å². The van der Waals surface area contributed by atoms with E-state index in [2.05, 4.69) is 122 Å². The van der Waals surface area contributed by atoms with E-state index in [0.29, 0.717) is 11.8 Å². The molecule has 1 aliphatic heterocycles. The highest BCUT2D eigenvalue weighted by Crippen LogP contribution is 2.63. The number of rotatable bonds is 2. The molecule has 8 rings (SSSR count). The van der Waals surface area contributed by atoms with E-state index in [0.717, 1.165) is 11.5 Å². The minimum Gasteiger partial charge on any atom is -0.456 e. The van der Waals surface area contributed by atoms with Crippen LogP contribution in [0.3, 0.4) is 0 Å². The summed E-state index contributed by atoms with van der Waals surface area (Å²) in [4.78, 5) is 0. The smallest absolute Gasteiger partial charge is 0.135 e. The second-order valence-electron chi connectivity index (χ2n) is 11.6. The number of para-hydroxylation sites is 1. The van der Waals surface area contributed by atoms with Crippen LogP contribution >= 0.6 is 0 Å². The van der Waals surface area contributed by atoms with Crippen molar-refractivity contribution < 1.29 is 4.74 Å². The van der Waals surface area contributed by atoms with Crippen LogP contribution in [-0.2, 0) is 5.41 Å². The molecule has 5 aromatic carbocycles. The van der Waals surface area contributed by atoms with Gasteiger partial charge in [-0.1, -0.05) is 121 Å². The number of benzene rings is 5. The van der Waals surface area contributed by atoms with Gasteiger partial charge in [-0.15, -0.1) is 0 Å². The molecular formula is C38H32O. The first kappa shape index (κ1) is 22.8. The van der Waals surface area contributed by atoms with E-state index in [9.17, 15) is 0 Å². The van der Waals surface area contributed by atoms with E-state index in [1.165, 1.54) is 75.8 Å². The van der Waals surface area contributed by atoms with Gasteiger partial charge in [-0.25, -0.2) is 0 Å². The third-order valence-electron chi connectivity index (χ3n) is 9.51. The van der Waals surface area contributed by atoms with Crippen LogP contribution in [0, 0.1) is 6.92 Å². The molecule has 5 aromatic rings. The molecule has 190 valence electrons. The van der Waals surface area contributed by atoms with Gasteiger partial charge in [0, 0.05) is 11.1 Å². The number of hydrogen-bond acceptors (Lipinski definition) is 1. The summed E-state index contributed by atoms with van der Waals surface area (Å²) < 4.78 is 6.97. The maximum absolute atomic E-state index is 6.97. The SMILES string of the molecule is Cc1cc(C2CCCC(c3ccccc3)C2)c2c(c1)C1(c3ccccc3O2)c2ccccc2-c2ccccc21. The monoisotopic (exact) mass is 504 g/mol. The van der Waals surface area contributed by atoms with E-state index < -0.39 is 0 Å². The molecule has 0 aromatic heterocycles. The Morgan fingerprint density at radius 3 is 1.97 bits per heavy atom. The zero-order chi connectivity index (χ0) is 26.0. The van der Waals surface area contributed by atoms with Crippen LogP contribution in [0.4, 0.5) is 0 Å². The lowest BCUT2D eigenvalue weighted by atomic mass is 9.64. The molecule has 2 atom stereocenters. The minimum absolute atomic E-state index is 0.383. The van der Waals surface area contributed by atoms with Crippen molar-refractivity contribution in [1.29, 1.82) is 0 Å². The van der Waals surface area contributed by atoms with E-state index in [-0.39, 0.29) is 5.41 Å². The fraction of sp³-hybridized carbons (Fsp3) is 0.211. The summed E-state index contributed by atoms with van der Waals surface area (Å²) in [5.41, 5.74) is 11.7. The fourth-order valence-electron chi connectivity index (χ4n) is 7.93. The summed E-state index contributed by atoms with van der Waals surface area (Å²) in [5.74, 6) is 3.15. The van der Waals surface area contributed by atoms with Crippen molar-refractivity contribution in [3.05, 3.63) is 154 Å². The Bertz CT molecular complexity index is 1670. The number of aryl methyl sites for hydroxylation is 1. The molecule has 0 N–H and O–H groups in total. The molecule has 1 spiro atoms. The van der Waals surface area contributed by atoms with Crippen LogP contribution in [0.15, 0.2) is 115 Å². The molecule has 0 radical (unpaired) electrons. The van der Waals surface area contributed by atoms with Crippen molar-refractivity contribution in [2.24, 2.45) is 0 Å². The van der Waals surface area contributed by atoms with E-state index in [1.807, 2.05) is 0 Å². The average molecular weight is 505 g/mol. The summed E-state index contributed by atoms with van der Waals surface area (Å²) >= 11 is 0. The molecule has 0 saturated heterocycles. The highest BCUT2D eigenvalue weighted by atomic mass is 16.5. The van der Waals surface area contributed by atoms with Crippen LogP contribution < -0.4 is 4.74 Å². The third-order valence-corrected chi connectivity index (χ3v) is 9.51. The highest BCUT2D eigenvalue weighted by Gasteiger charge is 2.51. The largest absolute Gasteiger partial charge is 0.456 e. The first-order chi connectivity index (χ1) is 19.2. The maximum atomic E-state index is 6.97. The highest BCUT2D eigenvalue weighted by molar-refractivity contribution is 5.88. The molecular weight excluding hydrogens is 472 g/mol. The molecule has 0 amide bonds. The standard InChI is InChI=1S/C38H32O/c1-25-22-31(28-15-11-14-27(24-28)26-12-3-2-4-13-26)37-35(23-25)38(34-20-9-10-21-36(34)39-37)32-18-7-5-16-29(32)30-17-6-8-19-33(30)38/h2-10,12-13,16-23,27-28H,11,14-15,24H2,1H3. The summed E-state index contributed by atoms with van der Waals surface area (Å²) in [5, 5.41) is 0. The van der Waals surface area contributed by atoms with Crippen molar-refractivity contribution in [2.45, 2.75) is 49.9 Å². The van der Waals surface area contributed by atoms with Crippen LogP contribution in [-0.4, -0.2) is 0 Å². The molecule has 3 aliphatic rings. The predicted molar refractivity (Wildman–Crippen MR) is 159 cm³/mol. The van der Waals surface area contributed by atoms with E-state index in [4.69, 9.17) is 4.74 Å². The quantitative estimate of drug-likeness (QED) is 0.228. The lowest BCUT2D eigenvalue weighted by Crippen LogP contribution is -2.33. The first-order valence-corrected chi connectivity index (χ1v) is 14.4. The second-order valence-corrected chi connectivity index (χ2v) is 11.6. The Balaban J connectivity index is 1.38. The topological polar surface area (TPSA) is 9.23 Å². The molecule has 1 saturated carbocycles. The zero-order valence-electron chi connectivity index (χ0n) is 22.4. The first-order valence-electron chi connectivity index (χ1n) is 14.4. The van der Waals surface area contributed by atoms with Gasteiger partial charge in [0.05, 0.1) is 5.41 Å².